The molecule has 0 bridgehead atoms. The average Bonchev–Trinajstić information content (AvgIpc) is 2.47. The average molecular weight is 263 g/mol. The van der Waals surface area contributed by atoms with Crippen LogP contribution in [-0.2, 0) is 0 Å². The second-order valence-electron chi connectivity index (χ2n) is 5.28. The van der Waals surface area contributed by atoms with Gasteiger partial charge in [0.25, 0.3) is 0 Å². The highest BCUT2D eigenvalue weighted by Crippen LogP contribution is 2.25. The van der Waals surface area contributed by atoms with Crippen LogP contribution in [-0.4, -0.2) is 13.7 Å². The fraction of sp³-hybridized carbons (Fsp3) is 0.647. The molecule has 0 aliphatic rings. The molecule has 0 aromatic heterocycles. The maximum Gasteiger partial charge on any atom is 0.124 e. The number of unbranched alkanes of at least 4 members (excludes halogenated alkanes) is 1. The fourth-order valence-corrected chi connectivity index (χ4v) is 2.23. The number of benzene rings is 1. The summed E-state index contributed by atoms with van der Waals surface area (Å²) in [6, 6.07) is 8.67. The van der Waals surface area contributed by atoms with Gasteiger partial charge in [-0.25, -0.2) is 0 Å². The molecule has 0 spiro atoms. The Morgan fingerprint density at radius 1 is 1.21 bits per heavy atom. The molecule has 0 aliphatic carbocycles. The largest absolute Gasteiger partial charge is 0.493 e. The Morgan fingerprint density at radius 3 is 2.58 bits per heavy atom. The zero-order valence-corrected chi connectivity index (χ0v) is 12.9. The van der Waals surface area contributed by atoms with Crippen molar-refractivity contribution < 1.29 is 4.74 Å². The Balaban J connectivity index is 2.61. The van der Waals surface area contributed by atoms with Crippen LogP contribution in [0.25, 0.3) is 0 Å². The molecule has 19 heavy (non-hydrogen) atoms. The Labute approximate surface area is 118 Å². The third-order valence-electron chi connectivity index (χ3n) is 3.84. The van der Waals surface area contributed by atoms with Crippen LogP contribution >= 0.6 is 0 Å². The smallest absolute Gasteiger partial charge is 0.124 e. The third kappa shape index (κ3) is 5.23. The van der Waals surface area contributed by atoms with Crippen molar-refractivity contribution in [1.82, 2.24) is 5.32 Å². The van der Waals surface area contributed by atoms with Gasteiger partial charge < -0.3 is 10.1 Å². The summed E-state index contributed by atoms with van der Waals surface area (Å²) in [6.07, 6.45) is 5.04. The Kier molecular flexibility index (Phi) is 7.57. The number of para-hydroxylation sites is 1. The zero-order valence-electron chi connectivity index (χ0n) is 12.9. The Hall–Kier alpha value is -1.02. The van der Waals surface area contributed by atoms with Gasteiger partial charge in [0.15, 0.2) is 0 Å². The lowest BCUT2D eigenvalue weighted by Crippen LogP contribution is -2.16. The molecule has 1 aromatic carbocycles. The molecule has 0 saturated heterocycles. The molecule has 2 nitrogen and oxygen atoms in total. The molecule has 0 amide bonds. The minimum absolute atomic E-state index is 0.326. The molecule has 1 aromatic rings. The van der Waals surface area contributed by atoms with Crippen LogP contribution in [0.2, 0.25) is 0 Å². The van der Waals surface area contributed by atoms with E-state index in [-0.39, 0.29) is 0 Å². The second kappa shape index (κ2) is 8.98. The van der Waals surface area contributed by atoms with Gasteiger partial charge >= 0.3 is 0 Å². The van der Waals surface area contributed by atoms with Crippen molar-refractivity contribution in [2.45, 2.75) is 52.5 Å². The molecule has 0 radical (unpaired) electrons. The lowest BCUT2D eigenvalue weighted by atomic mass is 10.0. The van der Waals surface area contributed by atoms with Crippen LogP contribution in [0.15, 0.2) is 24.3 Å². The van der Waals surface area contributed by atoms with E-state index in [0.717, 1.165) is 12.4 Å². The van der Waals surface area contributed by atoms with E-state index in [1.54, 1.807) is 0 Å². The van der Waals surface area contributed by atoms with Gasteiger partial charge in [0.05, 0.1) is 6.61 Å². The van der Waals surface area contributed by atoms with E-state index in [0.29, 0.717) is 12.0 Å². The molecular formula is C17H29NO. The van der Waals surface area contributed by atoms with E-state index in [4.69, 9.17) is 4.74 Å². The zero-order chi connectivity index (χ0) is 14.1. The summed E-state index contributed by atoms with van der Waals surface area (Å²) in [5.74, 6) is 1.71. The fourth-order valence-electron chi connectivity index (χ4n) is 2.23. The predicted molar refractivity (Wildman–Crippen MR) is 82.7 cm³/mol. The van der Waals surface area contributed by atoms with Crippen molar-refractivity contribution in [3.8, 4) is 5.75 Å². The van der Waals surface area contributed by atoms with Gasteiger partial charge in [-0.1, -0.05) is 51.3 Å². The quantitative estimate of drug-likeness (QED) is 0.705. The molecule has 2 unspecified atom stereocenters. The highest BCUT2D eigenvalue weighted by atomic mass is 16.5. The van der Waals surface area contributed by atoms with E-state index in [2.05, 4.69) is 44.3 Å². The molecule has 1 N–H and O–H groups in total. The summed E-state index contributed by atoms with van der Waals surface area (Å²) in [5.41, 5.74) is 1.25. The minimum Gasteiger partial charge on any atom is -0.493 e. The van der Waals surface area contributed by atoms with Gasteiger partial charge in [-0.3, -0.25) is 0 Å². The van der Waals surface area contributed by atoms with Gasteiger partial charge in [-0.2, -0.15) is 0 Å². The first-order valence-electron chi connectivity index (χ1n) is 7.61. The summed E-state index contributed by atoms with van der Waals surface area (Å²) in [4.78, 5) is 0. The molecule has 108 valence electrons. The highest BCUT2D eigenvalue weighted by molar-refractivity contribution is 5.35. The summed E-state index contributed by atoms with van der Waals surface area (Å²) < 4.78 is 6.07. The van der Waals surface area contributed by atoms with Crippen LogP contribution < -0.4 is 10.1 Å². The van der Waals surface area contributed by atoms with Crippen LogP contribution in [0, 0.1) is 5.92 Å². The van der Waals surface area contributed by atoms with Crippen molar-refractivity contribution in [2.24, 2.45) is 5.92 Å². The van der Waals surface area contributed by atoms with E-state index in [1.165, 1.54) is 31.2 Å². The molecule has 0 saturated carbocycles. The number of ether oxygens (including phenoxy) is 1. The maximum absolute atomic E-state index is 6.07. The molecule has 2 atom stereocenters. The summed E-state index contributed by atoms with van der Waals surface area (Å²) in [6.45, 7) is 7.50. The molecule has 2 heteroatoms. The van der Waals surface area contributed by atoms with Gasteiger partial charge in [0.1, 0.15) is 5.75 Å². The van der Waals surface area contributed by atoms with Gasteiger partial charge in [0.2, 0.25) is 0 Å². The molecule has 0 heterocycles. The third-order valence-corrected chi connectivity index (χ3v) is 3.84. The van der Waals surface area contributed by atoms with Crippen molar-refractivity contribution in [3.05, 3.63) is 29.8 Å². The van der Waals surface area contributed by atoms with Gasteiger partial charge in [-0.15, -0.1) is 0 Å². The number of rotatable bonds is 9. The van der Waals surface area contributed by atoms with Crippen molar-refractivity contribution in [2.75, 3.05) is 13.7 Å². The highest BCUT2D eigenvalue weighted by Gasteiger charge is 2.11. The molecule has 0 aliphatic heterocycles. The monoisotopic (exact) mass is 263 g/mol. The summed E-state index contributed by atoms with van der Waals surface area (Å²) in [7, 11) is 1.98. The lowest BCUT2D eigenvalue weighted by molar-refractivity contribution is 0.230. The van der Waals surface area contributed by atoms with E-state index >= 15 is 0 Å². The SMILES string of the molecule is CCCCC(CC)COc1ccccc1C(C)NC. The normalized spacial score (nSPS) is 14.1. The summed E-state index contributed by atoms with van der Waals surface area (Å²) >= 11 is 0. The number of nitrogens with one attached hydrogen (secondary N) is 1. The Morgan fingerprint density at radius 2 is 1.95 bits per heavy atom. The minimum atomic E-state index is 0.326. The van der Waals surface area contributed by atoms with Crippen LogP contribution in [0.4, 0.5) is 0 Å². The standard InChI is InChI=1S/C17H29NO/c1-5-7-10-15(6-2)13-19-17-12-9-8-11-16(17)14(3)18-4/h8-9,11-12,14-15,18H,5-7,10,13H2,1-4H3. The van der Waals surface area contributed by atoms with Crippen molar-refractivity contribution in [3.63, 3.8) is 0 Å². The molecular weight excluding hydrogens is 234 g/mol. The first-order chi connectivity index (χ1) is 9.22. The first-order valence-corrected chi connectivity index (χ1v) is 7.61. The van der Waals surface area contributed by atoms with Crippen molar-refractivity contribution >= 4 is 0 Å². The van der Waals surface area contributed by atoms with Crippen LogP contribution in [0.5, 0.6) is 5.75 Å². The van der Waals surface area contributed by atoms with Crippen LogP contribution in [0.1, 0.15) is 58.1 Å². The van der Waals surface area contributed by atoms with Gasteiger partial charge in [-0.05, 0) is 32.4 Å². The van der Waals surface area contributed by atoms with Gasteiger partial charge in [0, 0.05) is 11.6 Å². The van der Waals surface area contributed by atoms with E-state index < -0.39 is 0 Å². The Bertz CT molecular complexity index is 351. The number of hydrogen-bond acceptors (Lipinski definition) is 2. The maximum atomic E-state index is 6.07. The lowest BCUT2D eigenvalue weighted by Gasteiger charge is -2.19. The van der Waals surface area contributed by atoms with E-state index in [9.17, 15) is 0 Å². The number of hydrogen-bond donors (Lipinski definition) is 1. The van der Waals surface area contributed by atoms with E-state index in [1.807, 2.05) is 13.1 Å². The first kappa shape index (κ1) is 16.0. The topological polar surface area (TPSA) is 21.3 Å². The second-order valence-corrected chi connectivity index (χ2v) is 5.28. The molecule has 0 fully saturated rings. The molecule has 1 rings (SSSR count). The summed E-state index contributed by atoms with van der Waals surface area (Å²) in [5, 5.41) is 3.28. The predicted octanol–water partition coefficient (Wildman–Crippen LogP) is 4.56. The van der Waals surface area contributed by atoms with Crippen molar-refractivity contribution in [1.29, 1.82) is 0 Å². The van der Waals surface area contributed by atoms with Crippen LogP contribution in [0.3, 0.4) is 0 Å².